The first-order valence-electron chi connectivity index (χ1n) is 22.8. The minimum absolute atomic E-state index is 0.149. The Labute approximate surface area is 374 Å². The molecule has 0 aromatic heterocycles. The molecule has 3 N–H and O–H groups in total. The molecule has 6 rings (SSSR count). The smallest absolute Gasteiger partial charge is 0.221 e. The molecule has 0 spiro atoms. The highest BCUT2D eigenvalue weighted by Crippen LogP contribution is 2.32. The number of amides is 1. The largest absolute Gasteiger partial charge is 0.390 e. The van der Waals surface area contributed by atoms with Gasteiger partial charge in [-0.15, -0.1) is 0 Å². The Balaban J connectivity index is 1.28. The summed E-state index contributed by atoms with van der Waals surface area (Å²) in [5, 5.41) is 26.0. The topological polar surface area (TPSA) is 131 Å². The Morgan fingerprint density at radius 1 is 0.683 bits per heavy atom. The van der Waals surface area contributed by atoms with E-state index in [1.807, 2.05) is 121 Å². The molecule has 2 fully saturated rings. The summed E-state index contributed by atoms with van der Waals surface area (Å²) < 4.78 is 40.4. The first kappa shape index (κ1) is 48.4. The van der Waals surface area contributed by atoms with Crippen LogP contribution < -0.4 is 5.32 Å². The van der Waals surface area contributed by atoms with E-state index < -0.39 is 49.0 Å². The number of carbonyl (C=O) groups excluding carboxylic acids is 1. The molecule has 0 radical (unpaired) electrons. The second kappa shape index (κ2) is 26.7. The molecule has 12 heteroatoms. The van der Waals surface area contributed by atoms with Gasteiger partial charge in [-0.05, 0) is 35.7 Å². The number of hydrogen-bond acceptors (Lipinski definition) is 11. The molecule has 2 aliphatic heterocycles. The van der Waals surface area contributed by atoms with E-state index in [0.717, 1.165) is 67.7 Å². The summed E-state index contributed by atoms with van der Waals surface area (Å²) in [5.74, 6) is -0.227. The minimum Gasteiger partial charge on any atom is -0.390 e. The van der Waals surface area contributed by atoms with Gasteiger partial charge >= 0.3 is 0 Å². The first-order chi connectivity index (χ1) is 30.9. The molecule has 2 saturated heterocycles. The normalized spacial score (nSPS) is 22.3. The molecule has 5 unspecified atom stereocenters. The number of aliphatic hydroxyl groups is 2. The summed E-state index contributed by atoms with van der Waals surface area (Å²) in [6.45, 7) is 7.47. The molecule has 1 amide bonds. The number of benzene rings is 4. The van der Waals surface area contributed by atoms with Crippen LogP contribution in [0.25, 0.3) is 0 Å². The second-order valence-corrected chi connectivity index (χ2v) is 16.8. The highest BCUT2D eigenvalue weighted by Gasteiger charge is 2.49. The zero-order chi connectivity index (χ0) is 44.1. The monoisotopic (exact) mass is 868 g/mol. The van der Waals surface area contributed by atoms with E-state index in [2.05, 4.69) is 29.1 Å². The fourth-order valence-electron chi connectivity index (χ4n) is 7.96. The average molecular weight is 868 g/mol. The van der Waals surface area contributed by atoms with E-state index in [0.29, 0.717) is 19.6 Å². The van der Waals surface area contributed by atoms with Crippen molar-refractivity contribution in [1.29, 1.82) is 0 Å². The third-order valence-electron chi connectivity index (χ3n) is 11.8. The van der Waals surface area contributed by atoms with Gasteiger partial charge in [0.05, 0.1) is 51.8 Å². The number of nitrogens with zero attached hydrogens (tertiary/aromatic N) is 2. The van der Waals surface area contributed by atoms with E-state index in [1.165, 1.54) is 0 Å². The Kier molecular flexibility index (Phi) is 20.5. The van der Waals surface area contributed by atoms with E-state index in [-0.39, 0.29) is 45.4 Å². The second-order valence-electron chi connectivity index (χ2n) is 16.8. The van der Waals surface area contributed by atoms with E-state index in [1.54, 1.807) is 0 Å². The van der Waals surface area contributed by atoms with Crippen LogP contribution in [0.3, 0.4) is 0 Å². The van der Waals surface area contributed by atoms with Crippen molar-refractivity contribution >= 4 is 5.91 Å². The third kappa shape index (κ3) is 16.2. The van der Waals surface area contributed by atoms with Crippen LogP contribution in [0.4, 0.5) is 0 Å². The first-order valence-corrected chi connectivity index (χ1v) is 22.8. The van der Waals surface area contributed by atoms with Crippen molar-refractivity contribution in [2.75, 3.05) is 53.0 Å². The number of hydrogen-bond donors (Lipinski definition) is 3. The molecule has 0 saturated carbocycles. The molecular formula is C51H69N3O9. The summed E-state index contributed by atoms with van der Waals surface area (Å²) in [7, 11) is 2.10. The van der Waals surface area contributed by atoms with Gasteiger partial charge in [-0.25, -0.2) is 0 Å². The molecular weight excluding hydrogens is 799 g/mol. The lowest BCUT2D eigenvalue weighted by Crippen LogP contribution is -2.62. The SMILES string of the molecule is CCCCC[C@@H](O)[C@@H](O)[C@H](COC1OC(COCc2ccccc2)C(OCc2ccccc2)C(OCc2ccccc2)C1OCc1ccccc1)NC(=O)CCN1CCN(C)CC1. The lowest BCUT2D eigenvalue weighted by atomic mass is 9.97. The van der Waals surface area contributed by atoms with E-state index in [9.17, 15) is 15.0 Å². The van der Waals surface area contributed by atoms with Gasteiger partial charge < -0.3 is 53.8 Å². The zero-order valence-electron chi connectivity index (χ0n) is 37.1. The number of unbranched alkanes of at least 4 members (excludes halogenated alkanes) is 2. The highest BCUT2D eigenvalue weighted by molar-refractivity contribution is 5.76. The van der Waals surface area contributed by atoms with Crippen molar-refractivity contribution in [3.63, 3.8) is 0 Å². The van der Waals surface area contributed by atoms with Gasteiger partial charge in [0.25, 0.3) is 0 Å². The molecule has 8 atom stereocenters. The molecule has 0 aliphatic carbocycles. The van der Waals surface area contributed by atoms with Crippen LogP contribution in [-0.4, -0.2) is 128 Å². The number of rotatable bonds is 26. The molecule has 2 heterocycles. The molecule has 342 valence electrons. The van der Waals surface area contributed by atoms with E-state index in [4.69, 9.17) is 28.4 Å². The maximum absolute atomic E-state index is 13.6. The number of nitrogens with one attached hydrogen (secondary N) is 1. The minimum atomic E-state index is -1.29. The predicted octanol–water partition coefficient (Wildman–Crippen LogP) is 6.13. The summed E-state index contributed by atoms with van der Waals surface area (Å²) >= 11 is 0. The van der Waals surface area contributed by atoms with Crippen molar-refractivity contribution in [2.24, 2.45) is 0 Å². The maximum atomic E-state index is 13.6. The highest BCUT2D eigenvalue weighted by atomic mass is 16.7. The van der Waals surface area contributed by atoms with Gasteiger partial charge in [0.2, 0.25) is 5.91 Å². The van der Waals surface area contributed by atoms with E-state index >= 15 is 0 Å². The van der Waals surface area contributed by atoms with Gasteiger partial charge in [0.15, 0.2) is 6.29 Å². The molecule has 4 aromatic rings. The maximum Gasteiger partial charge on any atom is 0.221 e. The Bertz CT molecular complexity index is 1820. The predicted molar refractivity (Wildman–Crippen MR) is 242 cm³/mol. The summed E-state index contributed by atoms with van der Waals surface area (Å²) in [5.41, 5.74) is 3.92. The van der Waals surface area contributed by atoms with Crippen LogP contribution in [0.5, 0.6) is 0 Å². The van der Waals surface area contributed by atoms with Crippen molar-refractivity contribution < 1.29 is 43.4 Å². The average Bonchev–Trinajstić information content (AvgIpc) is 3.32. The molecule has 4 aromatic carbocycles. The van der Waals surface area contributed by atoms with Crippen LogP contribution in [0.1, 0.15) is 61.3 Å². The lowest BCUT2D eigenvalue weighted by Gasteiger charge is -2.46. The number of likely N-dealkylation sites (N-methyl/N-ethyl adjacent to an activating group) is 1. The lowest BCUT2D eigenvalue weighted by molar-refractivity contribution is -0.330. The zero-order valence-corrected chi connectivity index (χ0v) is 37.1. The van der Waals surface area contributed by atoms with Crippen molar-refractivity contribution in [1.82, 2.24) is 15.1 Å². The van der Waals surface area contributed by atoms with Crippen molar-refractivity contribution in [3.8, 4) is 0 Å². The Morgan fingerprint density at radius 2 is 1.19 bits per heavy atom. The number of ether oxygens (including phenoxy) is 6. The summed E-state index contributed by atoms with van der Waals surface area (Å²) in [4.78, 5) is 18.2. The van der Waals surface area contributed by atoms with Crippen LogP contribution in [0.2, 0.25) is 0 Å². The molecule has 2 aliphatic rings. The van der Waals surface area contributed by atoms with Gasteiger partial charge in [-0.1, -0.05) is 148 Å². The van der Waals surface area contributed by atoms with Crippen LogP contribution >= 0.6 is 0 Å². The van der Waals surface area contributed by atoms with Gasteiger partial charge in [-0.3, -0.25) is 4.79 Å². The Morgan fingerprint density at radius 3 is 1.73 bits per heavy atom. The van der Waals surface area contributed by atoms with Crippen molar-refractivity contribution in [3.05, 3.63) is 144 Å². The van der Waals surface area contributed by atoms with Crippen LogP contribution in [0, 0.1) is 0 Å². The fraction of sp³-hybridized carbons (Fsp3) is 0.510. The van der Waals surface area contributed by atoms with Crippen LogP contribution in [0.15, 0.2) is 121 Å². The van der Waals surface area contributed by atoms with Gasteiger partial charge in [-0.2, -0.15) is 0 Å². The molecule has 12 nitrogen and oxygen atoms in total. The summed E-state index contributed by atoms with van der Waals surface area (Å²) in [6, 6.07) is 38.8. The Hall–Kier alpha value is -4.05. The number of aliphatic hydroxyl groups excluding tert-OH is 2. The third-order valence-corrected chi connectivity index (χ3v) is 11.8. The molecule has 0 bridgehead atoms. The number of piperazine rings is 1. The number of carbonyl (C=O) groups is 1. The van der Waals surface area contributed by atoms with Gasteiger partial charge in [0, 0.05) is 39.1 Å². The van der Waals surface area contributed by atoms with Crippen molar-refractivity contribution in [2.45, 2.75) is 114 Å². The quantitative estimate of drug-likeness (QED) is 0.0631. The van der Waals surface area contributed by atoms with Crippen LogP contribution in [-0.2, 0) is 59.6 Å². The standard InChI is InChI=1S/C51H69N3O9/c1-3-4-9-26-44(55)47(57)43(52-46(56)27-28-54-31-29-53(2)30-32-54)37-62-51-50(61-36-42-24-16-8-17-25-42)49(60-35-41-22-14-7-15-23-41)48(59-34-40-20-12-6-13-21-40)45(63-51)38-58-33-39-18-10-5-11-19-39/h5-8,10-25,43-45,47-51,55,57H,3-4,9,26-38H2,1-2H3,(H,52,56)/t43-,44+,45?,47-,48?,49?,50?,51?/m0/s1. The summed E-state index contributed by atoms with van der Waals surface area (Å²) in [6.07, 6.45) is -3.03. The fourth-order valence-corrected chi connectivity index (χ4v) is 7.96. The molecule has 63 heavy (non-hydrogen) atoms. The van der Waals surface area contributed by atoms with Gasteiger partial charge in [0.1, 0.15) is 30.5 Å².